The molecule has 0 bridgehead atoms. The van der Waals surface area contributed by atoms with Gasteiger partial charge >= 0.3 is 0 Å². The second-order valence-electron chi connectivity index (χ2n) is 13.3. The summed E-state index contributed by atoms with van der Waals surface area (Å²) < 4.78 is 6.32. The number of para-hydroxylation sites is 1. The molecule has 9 aromatic rings. The number of anilines is 3. The first kappa shape index (κ1) is 29.3. The van der Waals surface area contributed by atoms with Gasteiger partial charge in [0.2, 0.25) is 0 Å². The summed E-state index contributed by atoms with van der Waals surface area (Å²) in [5.41, 5.74) is 14.7. The highest BCUT2D eigenvalue weighted by Crippen LogP contribution is 2.56. The van der Waals surface area contributed by atoms with Gasteiger partial charge < -0.3 is 9.32 Å². The van der Waals surface area contributed by atoms with Gasteiger partial charge in [-0.3, -0.25) is 0 Å². The summed E-state index contributed by atoms with van der Waals surface area (Å²) >= 11 is 0. The fourth-order valence-electron chi connectivity index (χ4n) is 8.29. The van der Waals surface area contributed by atoms with Gasteiger partial charge in [0.1, 0.15) is 11.2 Å². The summed E-state index contributed by atoms with van der Waals surface area (Å²) in [5.74, 6) is 0. The minimum Gasteiger partial charge on any atom is -0.456 e. The van der Waals surface area contributed by atoms with E-state index in [1.165, 1.54) is 55.3 Å². The molecule has 1 aliphatic rings. The van der Waals surface area contributed by atoms with E-state index in [4.69, 9.17) is 4.42 Å². The van der Waals surface area contributed by atoms with E-state index in [1.54, 1.807) is 0 Å². The van der Waals surface area contributed by atoms with E-state index in [1.807, 2.05) is 0 Å². The molecule has 0 radical (unpaired) electrons. The first-order valence-electron chi connectivity index (χ1n) is 17.5. The normalized spacial score (nSPS) is 12.9. The lowest BCUT2D eigenvalue weighted by Gasteiger charge is -2.34. The van der Waals surface area contributed by atoms with Crippen LogP contribution in [0, 0.1) is 0 Å². The molecule has 0 aliphatic heterocycles. The Morgan fingerprint density at radius 2 is 0.706 bits per heavy atom. The number of nitrogens with zero attached hydrogens (tertiary/aromatic N) is 1. The van der Waals surface area contributed by atoms with Crippen molar-refractivity contribution >= 4 is 39.0 Å². The summed E-state index contributed by atoms with van der Waals surface area (Å²) in [6.07, 6.45) is 0. The monoisotopic (exact) mass is 651 g/mol. The van der Waals surface area contributed by atoms with E-state index < -0.39 is 5.41 Å². The lowest BCUT2D eigenvalue weighted by molar-refractivity contribution is 0.663. The fourth-order valence-corrected chi connectivity index (χ4v) is 8.29. The summed E-state index contributed by atoms with van der Waals surface area (Å²) in [5, 5.41) is 2.45. The smallest absolute Gasteiger partial charge is 0.135 e. The van der Waals surface area contributed by atoms with Crippen LogP contribution >= 0.6 is 0 Å². The minimum atomic E-state index is -0.434. The zero-order chi connectivity index (χ0) is 33.8. The molecule has 0 amide bonds. The van der Waals surface area contributed by atoms with Gasteiger partial charge in [0.25, 0.3) is 0 Å². The van der Waals surface area contributed by atoms with Crippen LogP contribution in [-0.2, 0) is 5.41 Å². The predicted octanol–water partition coefficient (Wildman–Crippen LogP) is 13.1. The minimum absolute atomic E-state index is 0.434. The lowest BCUT2D eigenvalue weighted by Crippen LogP contribution is -2.28. The third kappa shape index (κ3) is 4.57. The third-order valence-electron chi connectivity index (χ3n) is 10.6. The molecule has 0 saturated carbocycles. The van der Waals surface area contributed by atoms with Crippen LogP contribution in [0.1, 0.15) is 22.3 Å². The molecule has 0 unspecified atom stereocenters. The third-order valence-corrected chi connectivity index (χ3v) is 10.6. The van der Waals surface area contributed by atoms with E-state index >= 15 is 0 Å². The Labute approximate surface area is 297 Å². The van der Waals surface area contributed by atoms with Gasteiger partial charge in [-0.15, -0.1) is 0 Å². The molecular formula is C49H33NO. The molecular weight excluding hydrogens is 619 g/mol. The number of benzene rings is 8. The maximum Gasteiger partial charge on any atom is 0.135 e. The predicted molar refractivity (Wildman–Crippen MR) is 211 cm³/mol. The van der Waals surface area contributed by atoms with Crippen molar-refractivity contribution in [2.24, 2.45) is 0 Å². The molecule has 0 N–H and O–H groups in total. The Hall–Kier alpha value is -6.64. The van der Waals surface area contributed by atoms with E-state index in [2.05, 4.69) is 205 Å². The van der Waals surface area contributed by atoms with E-state index in [0.717, 1.165) is 28.2 Å². The maximum absolute atomic E-state index is 6.32. The summed E-state index contributed by atoms with van der Waals surface area (Å²) in [4.78, 5) is 2.32. The summed E-state index contributed by atoms with van der Waals surface area (Å²) in [7, 11) is 0. The van der Waals surface area contributed by atoms with Crippen molar-refractivity contribution in [1.29, 1.82) is 0 Å². The van der Waals surface area contributed by atoms with E-state index in [9.17, 15) is 0 Å². The Morgan fingerprint density at radius 3 is 1.22 bits per heavy atom. The van der Waals surface area contributed by atoms with Crippen LogP contribution in [0.4, 0.5) is 17.1 Å². The zero-order valence-electron chi connectivity index (χ0n) is 27.9. The van der Waals surface area contributed by atoms with Gasteiger partial charge in [0.15, 0.2) is 0 Å². The largest absolute Gasteiger partial charge is 0.456 e. The molecule has 0 fully saturated rings. The molecule has 0 spiro atoms. The van der Waals surface area contributed by atoms with Crippen LogP contribution in [0.15, 0.2) is 205 Å². The fraction of sp³-hybridized carbons (Fsp3) is 0.0204. The van der Waals surface area contributed by atoms with Crippen molar-refractivity contribution in [1.82, 2.24) is 0 Å². The number of hydrogen-bond acceptors (Lipinski definition) is 2. The molecule has 1 aromatic heterocycles. The summed E-state index contributed by atoms with van der Waals surface area (Å²) in [6.45, 7) is 0. The number of furan rings is 1. The first-order chi connectivity index (χ1) is 25.3. The Morgan fingerprint density at radius 1 is 0.314 bits per heavy atom. The molecule has 240 valence electrons. The standard InChI is InChI=1S/C49H33NO/c1-4-12-34(13-5-1)36-24-30-41(31-25-36)50(40-16-8-3-9-17-40)42-32-26-37(27-33-42)35-22-28-39(29-23-35)49(38-14-6-2-7-15-38)43-18-10-20-45-47(43)48-44(49)19-11-21-46(48)51-45/h1-33H. The lowest BCUT2D eigenvalue weighted by atomic mass is 9.67. The van der Waals surface area contributed by atoms with Gasteiger partial charge in [-0.2, -0.15) is 0 Å². The Bertz CT molecular complexity index is 2580. The molecule has 0 saturated heterocycles. The van der Waals surface area contributed by atoms with Crippen LogP contribution < -0.4 is 4.90 Å². The maximum atomic E-state index is 6.32. The van der Waals surface area contributed by atoms with Crippen LogP contribution in [0.3, 0.4) is 0 Å². The van der Waals surface area contributed by atoms with Gasteiger partial charge in [0, 0.05) is 27.8 Å². The highest BCUT2D eigenvalue weighted by molar-refractivity contribution is 6.14. The molecule has 2 heteroatoms. The SMILES string of the molecule is c1ccc(-c2ccc(N(c3ccccc3)c3ccc(-c4ccc(C5(c6ccccc6)c6cccc7oc8cccc5c8c67)cc4)cc3)cc2)cc1. The highest BCUT2D eigenvalue weighted by atomic mass is 16.3. The van der Waals surface area contributed by atoms with E-state index in [0.29, 0.717) is 0 Å². The van der Waals surface area contributed by atoms with Crippen molar-refractivity contribution in [3.63, 3.8) is 0 Å². The Balaban J connectivity index is 1.03. The second kappa shape index (κ2) is 11.8. The summed E-state index contributed by atoms with van der Waals surface area (Å²) in [6, 6.07) is 72.0. The van der Waals surface area contributed by atoms with Crippen LogP contribution in [0.25, 0.3) is 44.2 Å². The quantitative estimate of drug-likeness (QED) is 0.170. The molecule has 51 heavy (non-hydrogen) atoms. The highest BCUT2D eigenvalue weighted by Gasteiger charge is 2.46. The molecule has 1 heterocycles. The number of hydrogen-bond donors (Lipinski definition) is 0. The van der Waals surface area contributed by atoms with Crippen molar-refractivity contribution in [3.8, 4) is 22.3 Å². The second-order valence-corrected chi connectivity index (χ2v) is 13.3. The topological polar surface area (TPSA) is 16.4 Å². The average molecular weight is 652 g/mol. The van der Waals surface area contributed by atoms with Crippen molar-refractivity contribution in [3.05, 3.63) is 222 Å². The van der Waals surface area contributed by atoms with Crippen LogP contribution in [0.2, 0.25) is 0 Å². The van der Waals surface area contributed by atoms with E-state index in [-0.39, 0.29) is 0 Å². The van der Waals surface area contributed by atoms with Crippen LogP contribution in [-0.4, -0.2) is 0 Å². The Kier molecular flexibility index (Phi) is 6.75. The molecule has 1 aliphatic carbocycles. The van der Waals surface area contributed by atoms with Gasteiger partial charge in [0.05, 0.1) is 5.41 Å². The molecule has 0 atom stereocenters. The molecule has 10 rings (SSSR count). The van der Waals surface area contributed by atoms with Crippen LogP contribution in [0.5, 0.6) is 0 Å². The van der Waals surface area contributed by atoms with Gasteiger partial charge in [-0.1, -0.05) is 152 Å². The average Bonchev–Trinajstić information content (AvgIpc) is 3.75. The van der Waals surface area contributed by atoms with Crippen molar-refractivity contribution < 1.29 is 4.42 Å². The van der Waals surface area contributed by atoms with Crippen molar-refractivity contribution in [2.75, 3.05) is 4.90 Å². The number of rotatable bonds is 7. The molecule has 8 aromatic carbocycles. The zero-order valence-corrected chi connectivity index (χ0v) is 27.9. The molecule has 2 nitrogen and oxygen atoms in total. The van der Waals surface area contributed by atoms with Crippen molar-refractivity contribution in [2.45, 2.75) is 5.41 Å². The first-order valence-corrected chi connectivity index (χ1v) is 17.5. The van der Waals surface area contributed by atoms with Gasteiger partial charge in [-0.05, 0) is 93.0 Å². The van der Waals surface area contributed by atoms with Gasteiger partial charge in [-0.25, -0.2) is 0 Å².